The van der Waals surface area contributed by atoms with Gasteiger partial charge >= 0.3 is 5.37 Å². The number of hydrogen-bond donors (Lipinski definition) is 0. The maximum absolute atomic E-state index is 11.0. The lowest BCUT2D eigenvalue weighted by molar-refractivity contribution is 0.218. The van der Waals surface area contributed by atoms with Crippen LogP contribution in [0.4, 0.5) is 10.5 Å². The first-order chi connectivity index (χ1) is 9.20. The maximum Gasteiger partial charge on any atom is 0.316 e. The minimum absolute atomic E-state index is 0.274. The maximum atomic E-state index is 11.0. The van der Waals surface area contributed by atoms with Crippen molar-refractivity contribution in [1.29, 1.82) is 0 Å². The van der Waals surface area contributed by atoms with E-state index in [1.54, 1.807) is 4.90 Å². The second-order valence-corrected chi connectivity index (χ2v) is 4.54. The Bertz CT molecular complexity index is 473. The predicted molar refractivity (Wildman–Crippen MR) is 75.8 cm³/mol. The number of amides is 1. The highest BCUT2D eigenvalue weighted by atomic mass is 35.5. The zero-order valence-corrected chi connectivity index (χ0v) is 11.3. The molecule has 1 heterocycles. The van der Waals surface area contributed by atoms with E-state index < -0.39 is 0 Å². The summed E-state index contributed by atoms with van der Waals surface area (Å²) < 4.78 is 5.32. The van der Waals surface area contributed by atoms with Crippen LogP contribution in [0.3, 0.4) is 0 Å². The van der Waals surface area contributed by atoms with Crippen molar-refractivity contribution in [3.63, 3.8) is 0 Å². The number of terminal acetylenes is 1. The van der Waals surface area contributed by atoms with E-state index >= 15 is 0 Å². The van der Waals surface area contributed by atoms with Gasteiger partial charge in [-0.2, -0.15) is 0 Å². The third-order valence-electron chi connectivity index (χ3n) is 3.05. The van der Waals surface area contributed by atoms with E-state index in [0.29, 0.717) is 13.1 Å². The highest BCUT2D eigenvalue weighted by Crippen LogP contribution is 2.21. The molecule has 0 bridgehead atoms. The Morgan fingerprint density at radius 1 is 1.26 bits per heavy atom. The zero-order valence-electron chi connectivity index (χ0n) is 10.5. The molecule has 4 nitrogen and oxygen atoms in total. The molecule has 2 rings (SSSR count). The lowest BCUT2D eigenvalue weighted by Gasteiger charge is -2.35. The number of rotatable bonds is 3. The number of piperazine rings is 1. The third kappa shape index (κ3) is 3.55. The fourth-order valence-electron chi connectivity index (χ4n) is 2.02. The van der Waals surface area contributed by atoms with Crippen LogP contribution >= 0.6 is 11.6 Å². The van der Waals surface area contributed by atoms with Crippen molar-refractivity contribution < 1.29 is 9.53 Å². The number of ether oxygens (including phenoxy) is 1. The number of benzene rings is 1. The average Bonchev–Trinajstić information content (AvgIpc) is 2.46. The van der Waals surface area contributed by atoms with Crippen molar-refractivity contribution >= 4 is 22.7 Å². The van der Waals surface area contributed by atoms with Crippen molar-refractivity contribution in [2.75, 3.05) is 37.7 Å². The molecule has 1 amide bonds. The fourth-order valence-corrected chi connectivity index (χ4v) is 2.19. The van der Waals surface area contributed by atoms with Crippen LogP contribution in [0.5, 0.6) is 5.75 Å². The topological polar surface area (TPSA) is 32.8 Å². The van der Waals surface area contributed by atoms with Crippen LogP contribution in [0.2, 0.25) is 0 Å². The summed E-state index contributed by atoms with van der Waals surface area (Å²) in [5, 5.41) is -0.377. The number of hydrogen-bond acceptors (Lipinski definition) is 3. The van der Waals surface area contributed by atoms with Gasteiger partial charge in [0.25, 0.3) is 0 Å². The molecule has 1 aromatic carbocycles. The lowest BCUT2D eigenvalue weighted by Crippen LogP contribution is -2.47. The molecule has 1 fully saturated rings. The van der Waals surface area contributed by atoms with Gasteiger partial charge in [-0.05, 0) is 35.9 Å². The van der Waals surface area contributed by atoms with Gasteiger partial charge in [-0.3, -0.25) is 4.79 Å². The lowest BCUT2D eigenvalue weighted by atomic mass is 10.2. The summed E-state index contributed by atoms with van der Waals surface area (Å²) in [4.78, 5) is 14.9. The molecule has 5 heteroatoms. The Labute approximate surface area is 117 Å². The van der Waals surface area contributed by atoms with Gasteiger partial charge in [0.2, 0.25) is 0 Å². The molecule has 1 aliphatic rings. The average molecular weight is 279 g/mol. The summed E-state index contributed by atoms with van der Waals surface area (Å²) in [5.74, 6) is 3.19. The summed E-state index contributed by atoms with van der Waals surface area (Å²) in [6.07, 6.45) is 5.13. The minimum atomic E-state index is -0.377. The molecule has 0 aromatic heterocycles. The van der Waals surface area contributed by atoms with E-state index in [1.165, 1.54) is 0 Å². The SMILES string of the molecule is C#CCOc1ccc(N2CCN(C(=O)Cl)CC2)cc1. The molecule has 1 aromatic rings. The Hall–Kier alpha value is -1.86. The first-order valence-electron chi connectivity index (χ1n) is 6.06. The first-order valence-corrected chi connectivity index (χ1v) is 6.44. The molecule has 0 N–H and O–H groups in total. The van der Waals surface area contributed by atoms with Gasteiger partial charge in [0, 0.05) is 31.9 Å². The first kappa shape index (κ1) is 13.6. The van der Waals surface area contributed by atoms with Gasteiger partial charge < -0.3 is 14.5 Å². The zero-order chi connectivity index (χ0) is 13.7. The Kier molecular flexibility index (Phi) is 4.53. The van der Waals surface area contributed by atoms with E-state index in [9.17, 15) is 4.79 Å². The number of halogens is 1. The van der Waals surface area contributed by atoms with Crippen LogP contribution in [0.1, 0.15) is 0 Å². The van der Waals surface area contributed by atoms with Crippen LogP contribution in [0.15, 0.2) is 24.3 Å². The van der Waals surface area contributed by atoms with Crippen molar-refractivity contribution in [3.8, 4) is 18.1 Å². The summed E-state index contributed by atoms with van der Waals surface area (Å²) in [6, 6.07) is 7.77. The predicted octanol–water partition coefficient (Wildman–Crippen LogP) is 2.18. The Morgan fingerprint density at radius 3 is 2.42 bits per heavy atom. The number of nitrogens with zero attached hydrogens (tertiary/aromatic N) is 2. The third-order valence-corrected chi connectivity index (χ3v) is 3.29. The molecule has 0 unspecified atom stereocenters. The highest BCUT2D eigenvalue weighted by Gasteiger charge is 2.19. The van der Waals surface area contributed by atoms with Gasteiger partial charge in [0.15, 0.2) is 0 Å². The number of carbonyl (C=O) groups excluding carboxylic acids is 1. The molecule has 1 saturated heterocycles. The van der Waals surface area contributed by atoms with E-state index in [2.05, 4.69) is 10.8 Å². The van der Waals surface area contributed by atoms with Gasteiger partial charge in [0.05, 0.1) is 0 Å². The number of anilines is 1. The second-order valence-electron chi connectivity index (χ2n) is 4.21. The van der Waals surface area contributed by atoms with E-state index in [0.717, 1.165) is 24.5 Å². The monoisotopic (exact) mass is 278 g/mol. The van der Waals surface area contributed by atoms with Crippen LogP contribution in [-0.2, 0) is 0 Å². The van der Waals surface area contributed by atoms with E-state index in [1.807, 2.05) is 24.3 Å². The van der Waals surface area contributed by atoms with Gasteiger partial charge in [-0.15, -0.1) is 6.42 Å². The number of carbonyl (C=O) groups is 1. The van der Waals surface area contributed by atoms with Gasteiger partial charge in [-0.25, -0.2) is 0 Å². The molecule has 0 atom stereocenters. The highest BCUT2D eigenvalue weighted by molar-refractivity contribution is 6.62. The molecule has 0 radical (unpaired) electrons. The second kappa shape index (κ2) is 6.35. The van der Waals surface area contributed by atoms with Crippen LogP contribution < -0.4 is 9.64 Å². The standard InChI is InChI=1S/C14H15ClN2O2/c1-2-11-19-13-5-3-12(4-6-13)16-7-9-17(10-8-16)14(15)18/h1,3-6H,7-11H2. The van der Waals surface area contributed by atoms with Gasteiger partial charge in [0.1, 0.15) is 12.4 Å². The molecule has 100 valence electrons. The molecular weight excluding hydrogens is 264 g/mol. The van der Waals surface area contributed by atoms with Crippen LogP contribution in [0, 0.1) is 12.3 Å². The normalized spacial score (nSPS) is 14.9. The van der Waals surface area contributed by atoms with Crippen LogP contribution in [-0.4, -0.2) is 43.1 Å². The quantitative estimate of drug-likeness (QED) is 0.483. The molecule has 0 saturated carbocycles. The van der Waals surface area contributed by atoms with Crippen molar-refractivity contribution in [1.82, 2.24) is 4.90 Å². The van der Waals surface area contributed by atoms with Crippen LogP contribution in [0.25, 0.3) is 0 Å². The fraction of sp³-hybridized carbons (Fsp3) is 0.357. The van der Waals surface area contributed by atoms with Crippen molar-refractivity contribution in [3.05, 3.63) is 24.3 Å². The Morgan fingerprint density at radius 2 is 1.89 bits per heavy atom. The minimum Gasteiger partial charge on any atom is -0.481 e. The van der Waals surface area contributed by atoms with Gasteiger partial charge in [-0.1, -0.05) is 5.92 Å². The summed E-state index contributed by atoms with van der Waals surface area (Å²) in [5.41, 5.74) is 1.11. The molecule has 19 heavy (non-hydrogen) atoms. The Balaban J connectivity index is 1.93. The molecule has 0 aliphatic carbocycles. The van der Waals surface area contributed by atoms with E-state index in [4.69, 9.17) is 22.8 Å². The summed E-state index contributed by atoms with van der Waals surface area (Å²) in [7, 11) is 0. The largest absolute Gasteiger partial charge is 0.481 e. The molecule has 0 spiro atoms. The molecule has 1 aliphatic heterocycles. The van der Waals surface area contributed by atoms with E-state index in [-0.39, 0.29) is 12.0 Å². The molecular formula is C14H15ClN2O2. The van der Waals surface area contributed by atoms with Crippen molar-refractivity contribution in [2.45, 2.75) is 0 Å². The summed E-state index contributed by atoms with van der Waals surface area (Å²) in [6.45, 7) is 3.14. The van der Waals surface area contributed by atoms with Crippen molar-refractivity contribution in [2.24, 2.45) is 0 Å². The smallest absolute Gasteiger partial charge is 0.316 e. The summed E-state index contributed by atoms with van der Waals surface area (Å²) >= 11 is 5.46.